The Morgan fingerprint density at radius 1 is 1.12 bits per heavy atom. The molecule has 0 nitrogen and oxygen atoms in total. The fraction of sp³-hybridized carbons (Fsp3) is 0.625. The van der Waals surface area contributed by atoms with Gasteiger partial charge in [-0.25, -0.2) is 0 Å². The van der Waals surface area contributed by atoms with Gasteiger partial charge in [-0.2, -0.15) is 0 Å². The van der Waals surface area contributed by atoms with Gasteiger partial charge < -0.3 is 0 Å². The maximum atomic E-state index is 2.39. The number of hydrogen-bond acceptors (Lipinski definition) is 0. The van der Waals surface area contributed by atoms with Gasteiger partial charge in [0, 0.05) is 0 Å². The van der Waals surface area contributed by atoms with Crippen molar-refractivity contribution in [3.63, 3.8) is 0 Å². The molecular weight excluding hydrogens is 192 g/mol. The van der Waals surface area contributed by atoms with E-state index in [1.165, 1.54) is 50.5 Å². The van der Waals surface area contributed by atoms with E-state index in [-0.39, 0.29) is 0 Å². The van der Waals surface area contributed by atoms with E-state index >= 15 is 0 Å². The van der Waals surface area contributed by atoms with E-state index in [0.717, 1.165) is 11.3 Å². The summed E-state index contributed by atoms with van der Waals surface area (Å²) in [5, 5.41) is 0. The summed E-state index contributed by atoms with van der Waals surface area (Å²) in [5.74, 6) is 0.873. The van der Waals surface area contributed by atoms with Gasteiger partial charge in [-0.1, -0.05) is 37.6 Å². The van der Waals surface area contributed by atoms with Crippen LogP contribution in [0, 0.1) is 5.41 Å². The monoisotopic (exact) mass is 214 g/mol. The van der Waals surface area contributed by atoms with Crippen molar-refractivity contribution in [2.75, 3.05) is 0 Å². The largest absolute Gasteiger partial charge is 0.0651 e. The van der Waals surface area contributed by atoms with Gasteiger partial charge in [0.2, 0.25) is 0 Å². The summed E-state index contributed by atoms with van der Waals surface area (Å²) in [6.07, 6.45) is 9.91. The van der Waals surface area contributed by atoms with E-state index in [2.05, 4.69) is 31.2 Å². The Bertz CT molecular complexity index is 356. The minimum atomic E-state index is 0.812. The van der Waals surface area contributed by atoms with Crippen LogP contribution >= 0.6 is 0 Å². The molecule has 2 aliphatic carbocycles. The van der Waals surface area contributed by atoms with Gasteiger partial charge in [0.25, 0.3) is 0 Å². The lowest BCUT2D eigenvalue weighted by Gasteiger charge is -2.11. The molecule has 1 aromatic rings. The molecule has 86 valence electrons. The van der Waals surface area contributed by atoms with Crippen LogP contribution in [0.15, 0.2) is 24.3 Å². The second-order valence-corrected chi connectivity index (χ2v) is 5.93. The zero-order chi connectivity index (χ0) is 11.0. The molecule has 2 fully saturated rings. The number of aryl methyl sites for hydroxylation is 1. The molecule has 0 heteroatoms. The van der Waals surface area contributed by atoms with Crippen LogP contribution in [0.2, 0.25) is 0 Å². The van der Waals surface area contributed by atoms with E-state index in [1.54, 1.807) is 5.56 Å². The van der Waals surface area contributed by atoms with Crippen LogP contribution in [-0.4, -0.2) is 0 Å². The SMILES string of the molecule is CCCc1ccc(C2CCC3(CC3)C2)cc1. The molecule has 1 spiro atoms. The van der Waals surface area contributed by atoms with Crippen molar-refractivity contribution in [2.45, 2.75) is 57.8 Å². The minimum absolute atomic E-state index is 0.812. The first-order chi connectivity index (χ1) is 7.81. The Morgan fingerprint density at radius 2 is 1.88 bits per heavy atom. The second kappa shape index (κ2) is 3.91. The molecule has 0 N–H and O–H groups in total. The molecular formula is C16H22. The first kappa shape index (κ1) is 10.4. The molecule has 0 aliphatic heterocycles. The second-order valence-electron chi connectivity index (χ2n) is 5.93. The smallest absolute Gasteiger partial charge is 0.0156 e. The molecule has 0 aromatic heterocycles. The topological polar surface area (TPSA) is 0 Å². The van der Waals surface area contributed by atoms with Crippen LogP contribution in [-0.2, 0) is 6.42 Å². The molecule has 3 rings (SSSR count). The zero-order valence-corrected chi connectivity index (χ0v) is 10.3. The summed E-state index contributed by atoms with van der Waals surface area (Å²) in [4.78, 5) is 0. The predicted molar refractivity (Wildman–Crippen MR) is 68.7 cm³/mol. The quantitative estimate of drug-likeness (QED) is 0.685. The van der Waals surface area contributed by atoms with Crippen molar-refractivity contribution in [3.8, 4) is 0 Å². The van der Waals surface area contributed by atoms with Crippen molar-refractivity contribution in [3.05, 3.63) is 35.4 Å². The van der Waals surface area contributed by atoms with Crippen molar-refractivity contribution >= 4 is 0 Å². The lowest BCUT2D eigenvalue weighted by atomic mass is 9.94. The van der Waals surface area contributed by atoms with E-state index in [4.69, 9.17) is 0 Å². The predicted octanol–water partition coefficient (Wildman–Crippen LogP) is 4.69. The Balaban J connectivity index is 1.70. The molecule has 0 saturated heterocycles. The van der Waals surface area contributed by atoms with Gasteiger partial charge >= 0.3 is 0 Å². The van der Waals surface area contributed by atoms with Gasteiger partial charge in [-0.05, 0) is 61.0 Å². The van der Waals surface area contributed by atoms with Gasteiger partial charge in [-0.3, -0.25) is 0 Å². The highest BCUT2D eigenvalue weighted by Gasteiger charge is 2.48. The molecule has 0 heterocycles. The number of rotatable bonds is 3. The maximum Gasteiger partial charge on any atom is -0.0156 e. The normalized spacial score (nSPS) is 26.2. The summed E-state index contributed by atoms with van der Waals surface area (Å²) >= 11 is 0. The molecule has 2 aliphatic rings. The lowest BCUT2D eigenvalue weighted by molar-refractivity contribution is 0.524. The van der Waals surface area contributed by atoms with Crippen molar-refractivity contribution in [1.29, 1.82) is 0 Å². The molecule has 0 bridgehead atoms. The summed E-state index contributed by atoms with van der Waals surface area (Å²) < 4.78 is 0. The van der Waals surface area contributed by atoms with Crippen LogP contribution in [0.1, 0.15) is 62.5 Å². The summed E-state index contributed by atoms with van der Waals surface area (Å²) in [6, 6.07) is 9.46. The van der Waals surface area contributed by atoms with Crippen LogP contribution in [0.4, 0.5) is 0 Å². The van der Waals surface area contributed by atoms with E-state index < -0.39 is 0 Å². The third-order valence-electron chi connectivity index (χ3n) is 4.65. The van der Waals surface area contributed by atoms with Crippen molar-refractivity contribution < 1.29 is 0 Å². The Kier molecular flexibility index (Phi) is 2.53. The highest BCUT2D eigenvalue weighted by Crippen LogP contribution is 2.61. The molecule has 0 amide bonds. The average Bonchev–Trinajstić information content (AvgIpc) is 2.91. The molecule has 2 saturated carbocycles. The first-order valence-electron chi connectivity index (χ1n) is 6.90. The minimum Gasteiger partial charge on any atom is -0.0651 e. The maximum absolute atomic E-state index is 2.39. The lowest BCUT2D eigenvalue weighted by Crippen LogP contribution is -1.95. The zero-order valence-electron chi connectivity index (χ0n) is 10.3. The van der Waals surface area contributed by atoms with Crippen LogP contribution in [0.3, 0.4) is 0 Å². The fourth-order valence-electron chi connectivity index (χ4n) is 3.37. The van der Waals surface area contributed by atoms with E-state index in [9.17, 15) is 0 Å². The van der Waals surface area contributed by atoms with E-state index in [0.29, 0.717) is 0 Å². The Labute approximate surface area is 99.1 Å². The Hall–Kier alpha value is -0.780. The Morgan fingerprint density at radius 3 is 2.44 bits per heavy atom. The van der Waals surface area contributed by atoms with Crippen molar-refractivity contribution in [2.24, 2.45) is 5.41 Å². The highest BCUT2D eigenvalue weighted by molar-refractivity contribution is 5.27. The van der Waals surface area contributed by atoms with Gasteiger partial charge in [0.05, 0.1) is 0 Å². The third-order valence-corrected chi connectivity index (χ3v) is 4.65. The van der Waals surface area contributed by atoms with Crippen molar-refractivity contribution in [1.82, 2.24) is 0 Å². The average molecular weight is 214 g/mol. The highest BCUT2D eigenvalue weighted by atomic mass is 14.5. The summed E-state index contributed by atoms with van der Waals surface area (Å²) in [7, 11) is 0. The van der Waals surface area contributed by atoms with Crippen LogP contribution in [0.5, 0.6) is 0 Å². The molecule has 0 radical (unpaired) electrons. The summed E-state index contributed by atoms with van der Waals surface area (Å²) in [5.41, 5.74) is 3.92. The molecule has 16 heavy (non-hydrogen) atoms. The van der Waals surface area contributed by atoms with Gasteiger partial charge in [0.1, 0.15) is 0 Å². The third kappa shape index (κ3) is 1.90. The standard InChI is InChI=1S/C16H22/c1-2-3-13-4-6-14(7-5-13)15-8-9-16(12-15)10-11-16/h4-7,15H,2-3,8-12H2,1H3. The van der Waals surface area contributed by atoms with E-state index in [1.807, 2.05) is 0 Å². The molecule has 1 aromatic carbocycles. The molecule has 1 unspecified atom stereocenters. The summed E-state index contributed by atoms with van der Waals surface area (Å²) in [6.45, 7) is 2.25. The first-order valence-corrected chi connectivity index (χ1v) is 6.90. The van der Waals surface area contributed by atoms with Crippen LogP contribution < -0.4 is 0 Å². The number of benzene rings is 1. The fourth-order valence-corrected chi connectivity index (χ4v) is 3.37. The van der Waals surface area contributed by atoms with Gasteiger partial charge in [-0.15, -0.1) is 0 Å². The molecule has 1 atom stereocenters. The van der Waals surface area contributed by atoms with Gasteiger partial charge in [0.15, 0.2) is 0 Å². The number of hydrogen-bond donors (Lipinski definition) is 0. The van der Waals surface area contributed by atoms with Crippen LogP contribution in [0.25, 0.3) is 0 Å².